The minimum Gasteiger partial charge on any atom is -0.504 e. The normalized spacial score (nSPS) is 14.7. The summed E-state index contributed by atoms with van der Waals surface area (Å²) in [7, 11) is 1.46. The van der Waals surface area contributed by atoms with Crippen molar-refractivity contribution in [2.75, 3.05) is 51.3 Å². The molecule has 1 fully saturated rings. The Morgan fingerprint density at radius 2 is 1.93 bits per heavy atom. The van der Waals surface area contributed by atoms with Gasteiger partial charge in [0.15, 0.2) is 11.5 Å². The maximum absolute atomic E-state index is 12.2. The van der Waals surface area contributed by atoms with E-state index >= 15 is 0 Å². The van der Waals surface area contributed by atoms with Crippen LogP contribution in [0.4, 0.5) is 5.69 Å². The number of nitrogens with one attached hydrogen (secondary N) is 1. The first-order chi connectivity index (χ1) is 14.0. The van der Waals surface area contributed by atoms with E-state index in [0.29, 0.717) is 22.2 Å². The molecule has 1 aliphatic heterocycles. The van der Waals surface area contributed by atoms with Gasteiger partial charge in [-0.05, 0) is 43.3 Å². The van der Waals surface area contributed by atoms with Gasteiger partial charge in [-0.2, -0.15) is 0 Å². The molecule has 29 heavy (non-hydrogen) atoms. The highest BCUT2D eigenvalue weighted by Gasteiger charge is 2.19. The Kier molecular flexibility index (Phi) is 7.47. The lowest BCUT2D eigenvalue weighted by molar-refractivity contribution is 0.0951. The van der Waals surface area contributed by atoms with E-state index in [2.05, 4.69) is 15.1 Å². The number of rotatable bonds is 7. The number of nitrogens with zero attached hydrogens (tertiary/aromatic N) is 2. The van der Waals surface area contributed by atoms with Gasteiger partial charge in [0, 0.05) is 38.3 Å². The van der Waals surface area contributed by atoms with Crippen LogP contribution in [0, 0.1) is 0 Å². The summed E-state index contributed by atoms with van der Waals surface area (Å²) in [6, 6.07) is 10.3. The standard InChI is InChI=1S/C21H25Cl2N3O3/c1-29-19-14-15(6-7-18(19)27)21(28)24-8-3-9-25-10-12-26(13-11-25)17-5-2-4-16(22)20(17)23/h2,4-7,14,27H,3,8-13H2,1H3,(H,24,28). The molecule has 2 aromatic rings. The molecule has 0 radical (unpaired) electrons. The van der Waals surface area contributed by atoms with Crippen LogP contribution < -0.4 is 15.0 Å². The third kappa shape index (κ3) is 5.47. The number of phenols is 1. The molecule has 2 N–H and O–H groups in total. The summed E-state index contributed by atoms with van der Waals surface area (Å²) in [5.41, 5.74) is 1.45. The SMILES string of the molecule is COc1cc(C(=O)NCCCN2CCN(c3cccc(Cl)c3Cl)CC2)ccc1O. The molecule has 1 amide bonds. The zero-order chi connectivity index (χ0) is 20.8. The van der Waals surface area contributed by atoms with E-state index < -0.39 is 0 Å². The Morgan fingerprint density at radius 1 is 1.17 bits per heavy atom. The van der Waals surface area contributed by atoms with Crippen molar-refractivity contribution < 1.29 is 14.6 Å². The minimum absolute atomic E-state index is 0.0160. The average molecular weight is 438 g/mol. The van der Waals surface area contributed by atoms with Gasteiger partial charge in [0.25, 0.3) is 5.91 Å². The summed E-state index contributed by atoms with van der Waals surface area (Å²) in [4.78, 5) is 16.9. The molecule has 6 nitrogen and oxygen atoms in total. The molecule has 8 heteroatoms. The fraction of sp³-hybridized carbons (Fsp3) is 0.381. The molecule has 0 atom stereocenters. The van der Waals surface area contributed by atoms with Crippen molar-refractivity contribution in [3.63, 3.8) is 0 Å². The van der Waals surface area contributed by atoms with Gasteiger partial charge in [-0.15, -0.1) is 0 Å². The van der Waals surface area contributed by atoms with Crippen molar-refractivity contribution in [2.45, 2.75) is 6.42 Å². The van der Waals surface area contributed by atoms with Crippen LogP contribution in [0.3, 0.4) is 0 Å². The van der Waals surface area contributed by atoms with Crippen LogP contribution in [0.2, 0.25) is 10.0 Å². The quantitative estimate of drug-likeness (QED) is 0.647. The van der Waals surface area contributed by atoms with Crippen LogP contribution in [0.15, 0.2) is 36.4 Å². The third-order valence-electron chi connectivity index (χ3n) is 5.02. The molecule has 0 saturated carbocycles. The van der Waals surface area contributed by atoms with Crippen LogP contribution in [-0.4, -0.2) is 62.3 Å². The predicted molar refractivity (Wildman–Crippen MR) is 117 cm³/mol. The van der Waals surface area contributed by atoms with Crippen molar-refractivity contribution in [3.8, 4) is 11.5 Å². The Morgan fingerprint density at radius 3 is 2.66 bits per heavy atom. The first-order valence-electron chi connectivity index (χ1n) is 9.56. The smallest absolute Gasteiger partial charge is 0.251 e. The topological polar surface area (TPSA) is 65.0 Å². The second kappa shape index (κ2) is 10.1. The molecular formula is C21H25Cl2N3O3. The number of phenolic OH excluding ortho intramolecular Hbond substituents is 1. The molecule has 0 aromatic heterocycles. The first kappa shape index (κ1) is 21.6. The molecule has 0 unspecified atom stereocenters. The third-order valence-corrected chi connectivity index (χ3v) is 5.83. The number of hydrogen-bond acceptors (Lipinski definition) is 5. The summed E-state index contributed by atoms with van der Waals surface area (Å²) in [5.74, 6) is 0.126. The molecule has 0 spiro atoms. The number of carbonyl (C=O) groups is 1. The number of hydrogen-bond donors (Lipinski definition) is 2. The van der Waals surface area contributed by atoms with E-state index in [1.54, 1.807) is 12.1 Å². The molecule has 156 valence electrons. The van der Waals surface area contributed by atoms with Crippen LogP contribution in [0.25, 0.3) is 0 Å². The summed E-state index contributed by atoms with van der Waals surface area (Å²) in [6.07, 6.45) is 0.860. The minimum atomic E-state index is -0.177. The first-order valence-corrected chi connectivity index (χ1v) is 10.3. The second-order valence-corrected chi connectivity index (χ2v) is 7.68. The summed E-state index contributed by atoms with van der Waals surface area (Å²) < 4.78 is 5.04. The number of ether oxygens (including phenoxy) is 1. The molecule has 0 aliphatic carbocycles. The monoisotopic (exact) mass is 437 g/mol. The van der Waals surface area contributed by atoms with Crippen LogP contribution >= 0.6 is 23.2 Å². The number of amides is 1. The van der Waals surface area contributed by atoms with Crippen molar-refractivity contribution in [2.24, 2.45) is 0 Å². The van der Waals surface area contributed by atoms with Gasteiger partial charge in [-0.25, -0.2) is 0 Å². The average Bonchev–Trinajstić information content (AvgIpc) is 2.74. The van der Waals surface area contributed by atoms with Gasteiger partial charge >= 0.3 is 0 Å². The zero-order valence-electron chi connectivity index (χ0n) is 16.3. The summed E-state index contributed by atoms with van der Waals surface area (Å²) in [5, 5.41) is 13.7. The van der Waals surface area contributed by atoms with E-state index in [9.17, 15) is 9.90 Å². The van der Waals surface area contributed by atoms with Gasteiger partial charge in [0.1, 0.15) is 0 Å². The van der Waals surface area contributed by atoms with Crippen LogP contribution in [0.1, 0.15) is 16.8 Å². The van der Waals surface area contributed by atoms with Crippen LogP contribution in [-0.2, 0) is 0 Å². The van der Waals surface area contributed by atoms with E-state index in [0.717, 1.165) is 44.8 Å². The van der Waals surface area contributed by atoms with Gasteiger partial charge in [-0.3, -0.25) is 9.69 Å². The fourth-order valence-electron chi connectivity index (χ4n) is 3.37. The molecular weight excluding hydrogens is 413 g/mol. The fourth-order valence-corrected chi connectivity index (χ4v) is 3.79. The molecule has 2 aromatic carbocycles. The van der Waals surface area contributed by atoms with Gasteiger partial charge < -0.3 is 20.1 Å². The maximum atomic E-state index is 12.2. The zero-order valence-corrected chi connectivity index (χ0v) is 17.8. The number of aromatic hydroxyl groups is 1. The highest BCUT2D eigenvalue weighted by Crippen LogP contribution is 2.32. The van der Waals surface area contributed by atoms with Crippen LogP contribution in [0.5, 0.6) is 11.5 Å². The molecule has 3 rings (SSSR count). The molecule has 1 aliphatic rings. The highest BCUT2D eigenvalue weighted by atomic mass is 35.5. The number of piperazine rings is 1. The van der Waals surface area contributed by atoms with E-state index in [1.165, 1.54) is 19.2 Å². The summed E-state index contributed by atoms with van der Waals surface area (Å²) >= 11 is 12.4. The lowest BCUT2D eigenvalue weighted by Crippen LogP contribution is -2.47. The van der Waals surface area contributed by atoms with Gasteiger partial charge in [0.05, 0.1) is 22.8 Å². The number of benzene rings is 2. The number of halogens is 2. The van der Waals surface area contributed by atoms with E-state index in [4.69, 9.17) is 27.9 Å². The predicted octanol–water partition coefficient (Wildman–Crippen LogP) is 3.65. The van der Waals surface area contributed by atoms with Crippen molar-refractivity contribution in [3.05, 3.63) is 52.0 Å². The Labute approximate surface area is 181 Å². The molecule has 1 heterocycles. The van der Waals surface area contributed by atoms with Gasteiger partial charge in [-0.1, -0.05) is 29.3 Å². The van der Waals surface area contributed by atoms with Crippen molar-refractivity contribution in [1.29, 1.82) is 0 Å². The highest BCUT2D eigenvalue weighted by molar-refractivity contribution is 6.43. The van der Waals surface area contributed by atoms with E-state index in [1.807, 2.05) is 12.1 Å². The molecule has 0 bridgehead atoms. The lowest BCUT2D eigenvalue weighted by Gasteiger charge is -2.36. The number of carbonyl (C=O) groups excluding carboxylic acids is 1. The summed E-state index contributed by atoms with van der Waals surface area (Å²) in [6.45, 7) is 5.15. The van der Waals surface area contributed by atoms with Gasteiger partial charge in [0.2, 0.25) is 0 Å². The molecule has 1 saturated heterocycles. The Bertz CT molecular complexity index is 855. The second-order valence-electron chi connectivity index (χ2n) is 6.90. The van der Waals surface area contributed by atoms with E-state index in [-0.39, 0.29) is 17.4 Å². The Balaban J connectivity index is 1.40. The lowest BCUT2D eigenvalue weighted by atomic mass is 10.2. The maximum Gasteiger partial charge on any atom is 0.251 e. The van der Waals surface area contributed by atoms with Crippen molar-refractivity contribution >= 4 is 34.8 Å². The Hall–Kier alpha value is -2.15. The van der Waals surface area contributed by atoms with Crippen molar-refractivity contribution in [1.82, 2.24) is 10.2 Å². The number of anilines is 1. The largest absolute Gasteiger partial charge is 0.504 e. The number of methoxy groups -OCH3 is 1.